The van der Waals surface area contributed by atoms with Crippen molar-refractivity contribution < 1.29 is 4.79 Å². The predicted octanol–water partition coefficient (Wildman–Crippen LogP) is 19.7. The molecule has 0 aliphatic heterocycles. The first-order chi connectivity index (χ1) is 39.1. The number of Topliss-reactive ketones (excluding diaryl/α,β-unsaturated/α-hetero) is 1. The number of para-hydroxylation sites is 8. The quantitative estimate of drug-likeness (QED) is 0.122. The van der Waals surface area contributed by atoms with Crippen LogP contribution in [0.1, 0.15) is 27.0 Å². The van der Waals surface area contributed by atoms with Crippen molar-refractivity contribution in [1.82, 2.24) is 0 Å². The van der Waals surface area contributed by atoms with Crippen LogP contribution < -0.4 is 19.6 Å². The summed E-state index contributed by atoms with van der Waals surface area (Å²) in [5, 5.41) is 0. The molecule has 0 amide bonds. The molecule has 0 atom stereocenters. The molecule has 0 heterocycles. The van der Waals surface area contributed by atoms with Gasteiger partial charge in [0.1, 0.15) is 5.41 Å². The van der Waals surface area contributed by atoms with E-state index in [2.05, 4.69) is 323 Å². The van der Waals surface area contributed by atoms with Crippen LogP contribution in [0, 0.1) is 0 Å². The maximum Gasteiger partial charge on any atom is 0.183 e. The van der Waals surface area contributed by atoms with Crippen LogP contribution in [0.5, 0.6) is 0 Å². The SMILES string of the molecule is O=C1c2cc(N(c3ccccc3)c3ccccc3)ccc2-c2ccc(N(c3ccccc3)c3ccccc3)cc2C12c1cc(N(c3ccccc3)c3ccccc3)ccc1-c1ccc(N(c3ccccc3)c3ccccc3)cc12. The van der Waals surface area contributed by atoms with Crippen LogP contribution in [0.3, 0.4) is 0 Å². The van der Waals surface area contributed by atoms with E-state index in [-0.39, 0.29) is 5.78 Å². The summed E-state index contributed by atoms with van der Waals surface area (Å²) in [6, 6.07) is 111. The minimum absolute atomic E-state index is 0.00675. The second kappa shape index (κ2) is 19.9. The average molecular weight is 1010 g/mol. The monoisotopic (exact) mass is 1010 g/mol. The average Bonchev–Trinajstić information content (AvgIpc) is 3.51. The molecule has 2 aliphatic carbocycles. The van der Waals surface area contributed by atoms with E-state index in [4.69, 9.17) is 0 Å². The zero-order valence-corrected chi connectivity index (χ0v) is 43.2. The summed E-state index contributed by atoms with van der Waals surface area (Å²) in [5.41, 5.74) is 17.7. The fourth-order valence-corrected chi connectivity index (χ4v) is 12.2. The number of carbonyl (C=O) groups excluding carboxylic acids is 1. The van der Waals surface area contributed by atoms with Crippen molar-refractivity contribution >= 4 is 74.0 Å². The van der Waals surface area contributed by atoms with Crippen LogP contribution in [0.4, 0.5) is 68.2 Å². The van der Waals surface area contributed by atoms with Crippen molar-refractivity contribution in [2.75, 3.05) is 19.6 Å². The molecule has 79 heavy (non-hydrogen) atoms. The van der Waals surface area contributed by atoms with Gasteiger partial charge in [0.05, 0.1) is 0 Å². The summed E-state index contributed by atoms with van der Waals surface area (Å²) in [4.78, 5) is 26.7. The molecule has 0 unspecified atom stereocenters. The summed E-state index contributed by atoms with van der Waals surface area (Å²) in [6.45, 7) is 0. The molecule has 5 heteroatoms. The van der Waals surface area contributed by atoms with Crippen LogP contribution in [0.25, 0.3) is 22.3 Å². The number of ketones is 1. The highest BCUT2D eigenvalue weighted by Gasteiger charge is 2.55. The fraction of sp³-hybridized carbons (Fsp3) is 0.0135. The first-order valence-corrected chi connectivity index (χ1v) is 26.9. The van der Waals surface area contributed by atoms with Crippen molar-refractivity contribution in [1.29, 1.82) is 0 Å². The second-order valence-electron chi connectivity index (χ2n) is 20.0. The minimum atomic E-state index is -1.37. The molecule has 14 rings (SSSR count). The van der Waals surface area contributed by atoms with Gasteiger partial charge in [-0.25, -0.2) is 0 Å². The Labute approximate surface area is 461 Å². The third-order valence-corrected chi connectivity index (χ3v) is 15.5. The number of rotatable bonds is 12. The molecule has 0 radical (unpaired) electrons. The number of fused-ring (bicyclic) bond motifs is 9. The Morgan fingerprint density at radius 3 is 0.633 bits per heavy atom. The van der Waals surface area contributed by atoms with Gasteiger partial charge in [-0.1, -0.05) is 170 Å². The Kier molecular flexibility index (Phi) is 11.8. The van der Waals surface area contributed by atoms with Gasteiger partial charge in [-0.2, -0.15) is 0 Å². The molecule has 12 aromatic rings. The molecular weight excluding hydrogens is 961 g/mol. The third kappa shape index (κ3) is 8.07. The first-order valence-electron chi connectivity index (χ1n) is 26.9. The van der Waals surface area contributed by atoms with Gasteiger partial charge < -0.3 is 19.6 Å². The van der Waals surface area contributed by atoms with Crippen LogP contribution in [0.2, 0.25) is 0 Å². The predicted molar refractivity (Wildman–Crippen MR) is 327 cm³/mol. The highest BCUT2D eigenvalue weighted by molar-refractivity contribution is 6.21. The molecule has 12 aromatic carbocycles. The van der Waals surface area contributed by atoms with E-state index in [0.717, 1.165) is 107 Å². The lowest BCUT2D eigenvalue weighted by Crippen LogP contribution is -2.40. The zero-order valence-electron chi connectivity index (χ0n) is 43.2. The highest BCUT2D eigenvalue weighted by Crippen LogP contribution is 2.61. The van der Waals surface area contributed by atoms with Gasteiger partial charge in [0, 0.05) is 73.8 Å². The number of nitrogens with zero attached hydrogens (tertiary/aromatic N) is 4. The molecule has 0 N–H and O–H groups in total. The highest BCUT2D eigenvalue weighted by atomic mass is 16.1. The third-order valence-electron chi connectivity index (χ3n) is 15.5. The Hall–Kier alpha value is -10.5. The van der Waals surface area contributed by atoms with E-state index in [1.807, 2.05) is 12.1 Å². The Morgan fingerprint density at radius 1 is 0.190 bits per heavy atom. The van der Waals surface area contributed by atoms with Crippen molar-refractivity contribution in [3.05, 3.63) is 338 Å². The van der Waals surface area contributed by atoms with Crippen molar-refractivity contribution in [3.63, 3.8) is 0 Å². The van der Waals surface area contributed by atoms with Gasteiger partial charge in [0.2, 0.25) is 0 Å². The number of benzene rings is 12. The Balaban J connectivity index is 1.09. The summed E-state index contributed by atoms with van der Waals surface area (Å²) in [5.74, 6) is 0.00675. The van der Waals surface area contributed by atoms with E-state index in [1.54, 1.807) is 0 Å². The molecule has 0 fully saturated rings. The molecule has 5 nitrogen and oxygen atoms in total. The van der Waals surface area contributed by atoms with Gasteiger partial charge in [0.25, 0.3) is 0 Å². The van der Waals surface area contributed by atoms with E-state index in [0.29, 0.717) is 5.56 Å². The van der Waals surface area contributed by atoms with Gasteiger partial charge in [-0.3, -0.25) is 4.79 Å². The van der Waals surface area contributed by atoms with Crippen molar-refractivity contribution in [2.24, 2.45) is 0 Å². The van der Waals surface area contributed by atoms with Crippen molar-refractivity contribution in [2.45, 2.75) is 5.41 Å². The molecule has 0 aromatic heterocycles. The van der Waals surface area contributed by atoms with Crippen molar-refractivity contribution in [3.8, 4) is 22.3 Å². The van der Waals surface area contributed by atoms with Crippen LogP contribution in [-0.4, -0.2) is 5.78 Å². The number of hydrogen-bond acceptors (Lipinski definition) is 5. The van der Waals surface area contributed by atoms with E-state index < -0.39 is 5.41 Å². The lowest BCUT2D eigenvalue weighted by molar-refractivity contribution is 0.0935. The molecule has 374 valence electrons. The smallest absolute Gasteiger partial charge is 0.183 e. The molecule has 0 saturated carbocycles. The number of carbonyl (C=O) groups is 1. The largest absolute Gasteiger partial charge is 0.310 e. The zero-order chi connectivity index (χ0) is 52.7. The summed E-state index contributed by atoms with van der Waals surface area (Å²) in [6.07, 6.45) is 0. The summed E-state index contributed by atoms with van der Waals surface area (Å²) in [7, 11) is 0. The first kappa shape index (κ1) is 47.0. The topological polar surface area (TPSA) is 30.0 Å². The van der Waals surface area contributed by atoms with Gasteiger partial charge >= 0.3 is 0 Å². The lowest BCUT2D eigenvalue weighted by atomic mass is 9.61. The van der Waals surface area contributed by atoms with Crippen LogP contribution in [-0.2, 0) is 5.41 Å². The number of hydrogen-bond donors (Lipinski definition) is 0. The molecule has 0 saturated heterocycles. The summed E-state index contributed by atoms with van der Waals surface area (Å²) >= 11 is 0. The van der Waals surface area contributed by atoms with E-state index >= 15 is 4.79 Å². The molecular formula is C74H52N4O. The van der Waals surface area contributed by atoms with Crippen LogP contribution in [0.15, 0.2) is 315 Å². The summed E-state index contributed by atoms with van der Waals surface area (Å²) < 4.78 is 0. The van der Waals surface area contributed by atoms with Gasteiger partial charge in [-0.05, 0) is 185 Å². The minimum Gasteiger partial charge on any atom is -0.310 e. The second-order valence-corrected chi connectivity index (χ2v) is 20.0. The fourth-order valence-electron chi connectivity index (χ4n) is 12.2. The maximum atomic E-state index is 17.6. The lowest BCUT2D eigenvalue weighted by Gasteiger charge is -2.40. The molecule has 2 aliphatic rings. The van der Waals surface area contributed by atoms with E-state index in [1.165, 1.54) is 0 Å². The standard InChI is InChI=1S/C74H52N4O/c79-73-69-49-61(75(53-25-9-1-10-26-53)54-27-11-2-12-28-54)41-45-65(69)66-46-42-62(76(55-29-13-3-14-30-55)56-31-15-4-16-32-56)50-70(66)74(73)71-51-63(77(57-33-17-5-18-34-57)58-35-19-6-20-36-58)43-47-67(71)68-48-44-64(52-72(68)74)78(59-37-21-7-22-38-59)60-39-23-8-24-40-60/h1-52H. The van der Waals surface area contributed by atoms with Gasteiger partial charge in [0.15, 0.2) is 5.78 Å². The number of anilines is 12. The van der Waals surface area contributed by atoms with Gasteiger partial charge in [-0.15, -0.1) is 0 Å². The Bertz CT molecular complexity index is 3850. The normalized spacial score (nSPS) is 12.4. The maximum absolute atomic E-state index is 17.6. The molecule has 0 bridgehead atoms. The molecule has 1 spiro atoms. The van der Waals surface area contributed by atoms with Crippen LogP contribution >= 0.6 is 0 Å². The Morgan fingerprint density at radius 2 is 0.392 bits per heavy atom. The van der Waals surface area contributed by atoms with E-state index in [9.17, 15) is 0 Å².